The summed E-state index contributed by atoms with van der Waals surface area (Å²) in [6, 6.07) is 7.20. The maximum atomic E-state index is 5.78. The van der Waals surface area contributed by atoms with Crippen LogP contribution in [0.3, 0.4) is 0 Å². The molecule has 0 heterocycles. The molecule has 0 fully saturated rings. The molecule has 1 nitrogen and oxygen atoms in total. The molecule has 1 aliphatic carbocycles. The average molecular weight is 353 g/mol. The summed E-state index contributed by atoms with van der Waals surface area (Å²) in [6.07, 6.45) is 2.30. The predicted molar refractivity (Wildman–Crippen MR) is 112 cm³/mol. The molecule has 0 saturated heterocycles. The van der Waals surface area contributed by atoms with Crippen LogP contribution < -0.4 is 9.92 Å². The van der Waals surface area contributed by atoms with Crippen LogP contribution in [0.5, 0.6) is 5.75 Å². The minimum Gasteiger partial charge on any atom is -0.496 e. The van der Waals surface area contributed by atoms with E-state index < -0.39 is 8.07 Å². The van der Waals surface area contributed by atoms with Gasteiger partial charge in [0.2, 0.25) is 0 Å². The van der Waals surface area contributed by atoms with Crippen molar-refractivity contribution in [2.24, 2.45) is 0 Å². The van der Waals surface area contributed by atoms with Crippen molar-refractivity contribution in [2.45, 2.75) is 66.1 Å². The number of aryl methyl sites for hydroxylation is 2. The van der Waals surface area contributed by atoms with Crippen LogP contribution in [-0.2, 0) is 12.8 Å². The Morgan fingerprint density at radius 1 is 1.00 bits per heavy atom. The van der Waals surface area contributed by atoms with Crippen LogP contribution in [0.15, 0.2) is 18.2 Å². The third kappa shape index (κ3) is 3.06. The lowest BCUT2D eigenvalue weighted by molar-refractivity contribution is 0.407. The Kier molecular flexibility index (Phi) is 4.61. The second kappa shape index (κ2) is 6.32. The highest BCUT2D eigenvalue weighted by Crippen LogP contribution is 2.41. The van der Waals surface area contributed by atoms with Crippen molar-refractivity contribution in [3.8, 4) is 16.9 Å². The molecule has 1 aliphatic rings. The Labute approximate surface area is 154 Å². The summed E-state index contributed by atoms with van der Waals surface area (Å²) in [7, 11) is 0.364. The molecule has 0 radical (unpaired) electrons. The molecule has 25 heavy (non-hydrogen) atoms. The zero-order valence-electron chi connectivity index (χ0n) is 17.1. The van der Waals surface area contributed by atoms with E-state index in [0.717, 1.165) is 18.6 Å². The van der Waals surface area contributed by atoms with Crippen molar-refractivity contribution in [3.05, 3.63) is 46.0 Å². The molecular weight excluding hydrogens is 320 g/mol. The molecule has 0 amide bonds. The van der Waals surface area contributed by atoms with Crippen LogP contribution >= 0.6 is 0 Å². The summed E-state index contributed by atoms with van der Waals surface area (Å²) in [5.41, 5.74) is 10.3. The Balaban J connectivity index is 2.36. The molecule has 0 unspecified atom stereocenters. The van der Waals surface area contributed by atoms with Crippen LogP contribution in [0, 0.1) is 13.8 Å². The minimum absolute atomic E-state index is 0.484. The average Bonchev–Trinajstić information content (AvgIpc) is 2.55. The molecule has 3 rings (SSSR count). The summed E-state index contributed by atoms with van der Waals surface area (Å²) in [5, 5.41) is 1.60. The number of ether oxygens (including phenoxy) is 1. The van der Waals surface area contributed by atoms with E-state index in [1.165, 1.54) is 33.4 Å². The van der Waals surface area contributed by atoms with Gasteiger partial charge in [-0.25, -0.2) is 0 Å². The summed E-state index contributed by atoms with van der Waals surface area (Å²) in [6.45, 7) is 16.5. The predicted octanol–water partition coefficient (Wildman–Crippen LogP) is 5.75. The van der Waals surface area contributed by atoms with Gasteiger partial charge in [-0.2, -0.15) is 0 Å². The lowest BCUT2D eigenvalue weighted by Crippen LogP contribution is -2.40. The molecular formula is C23H32OSi. The van der Waals surface area contributed by atoms with Gasteiger partial charge in [-0.15, -0.1) is 0 Å². The second-order valence-corrected chi connectivity index (χ2v) is 13.9. The highest BCUT2D eigenvalue weighted by molar-refractivity contribution is 6.89. The van der Waals surface area contributed by atoms with Gasteiger partial charge in [0, 0.05) is 0 Å². The number of methoxy groups -OCH3 is 1. The van der Waals surface area contributed by atoms with Crippen molar-refractivity contribution in [2.75, 3.05) is 7.11 Å². The van der Waals surface area contributed by atoms with Crippen LogP contribution in [0.25, 0.3) is 11.1 Å². The summed E-state index contributed by atoms with van der Waals surface area (Å²) >= 11 is 0. The molecule has 2 aromatic carbocycles. The third-order valence-corrected chi connectivity index (χ3v) is 7.79. The molecule has 0 bridgehead atoms. The van der Waals surface area contributed by atoms with Crippen LogP contribution in [-0.4, -0.2) is 15.2 Å². The first kappa shape index (κ1) is 18.3. The highest BCUT2D eigenvalue weighted by atomic mass is 28.3. The number of fused-ring (bicyclic) bond motifs is 3. The molecule has 2 aromatic rings. The largest absolute Gasteiger partial charge is 0.496 e. The lowest BCUT2D eigenvalue weighted by atomic mass is 9.80. The standard InChI is InChI=1S/C23H32OSi/c1-14(2)19-12-17-9-10-18-16(4)15(3)11-22(25(6,7)8)23(18)20(17)13-21(19)24-5/h11-14H,9-10H2,1-8H3. The first-order valence-corrected chi connectivity index (χ1v) is 13.0. The molecule has 0 atom stereocenters. The molecule has 0 saturated carbocycles. The van der Waals surface area contributed by atoms with Gasteiger partial charge in [-0.05, 0) is 77.6 Å². The van der Waals surface area contributed by atoms with Crippen LogP contribution in [0.4, 0.5) is 0 Å². The minimum atomic E-state index is -1.44. The molecule has 2 heteroatoms. The SMILES string of the molecule is COc1cc2c(cc1C(C)C)CCc1c(C)c(C)cc([Si](C)(C)C)c1-2. The van der Waals surface area contributed by atoms with Crippen LogP contribution in [0.2, 0.25) is 19.6 Å². The van der Waals surface area contributed by atoms with Gasteiger partial charge in [0.05, 0.1) is 15.2 Å². The Hall–Kier alpha value is -1.54. The molecule has 0 N–H and O–H groups in total. The van der Waals surface area contributed by atoms with E-state index in [0.29, 0.717) is 5.92 Å². The number of rotatable bonds is 3. The molecule has 0 aromatic heterocycles. The van der Waals surface area contributed by atoms with Gasteiger partial charge in [-0.3, -0.25) is 0 Å². The maximum absolute atomic E-state index is 5.78. The Morgan fingerprint density at radius 2 is 1.68 bits per heavy atom. The van der Waals surface area contributed by atoms with Crippen molar-refractivity contribution < 1.29 is 4.74 Å². The Morgan fingerprint density at radius 3 is 2.24 bits per heavy atom. The van der Waals surface area contributed by atoms with Crippen molar-refractivity contribution in [1.82, 2.24) is 0 Å². The van der Waals surface area contributed by atoms with E-state index in [1.807, 2.05) is 0 Å². The van der Waals surface area contributed by atoms with Crippen molar-refractivity contribution in [3.63, 3.8) is 0 Å². The fraction of sp³-hybridized carbons (Fsp3) is 0.478. The number of hydrogen-bond acceptors (Lipinski definition) is 1. The smallest absolute Gasteiger partial charge is 0.122 e. The third-order valence-electron chi connectivity index (χ3n) is 5.78. The highest BCUT2D eigenvalue weighted by Gasteiger charge is 2.29. The van der Waals surface area contributed by atoms with Gasteiger partial charge in [-0.1, -0.05) is 50.8 Å². The number of hydrogen-bond donors (Lipinski definition) is 0. The molecule has 0 spiro atoms. The first-order chi connectivity index (χ1) is 11.6. The topological polar surface area (TPSA) is 9.23 Å². The fourth-order valence-corrected chi connectivity index (χ4v) is 5.85. The van der Waals surface area contributed by atoms with E-state index in [1.54, 1.807) is 17.9 Å². The maximum Gasteiger partial charge on any atom is 0.122 e. The van der Waals surface area contributed by atoms with E-state index in [-0.39, 0.29) is 0 Å². The van der Waals surface area contributed by atoms with E-state index >= 15 is 0 Å². The van der Waals surface area contributed by atoms with Crippen molar-refractivity contribution >= 4 is 13.3 Å². The van der Waals surface area contributed by atoms with Gasteiger partial charge in [0.1, 0.15) is 5.75 Å². The van der Waals surface area contributed by atoms with Gasteiger partial charge in [0.25, 0.3) is 0 Å². The van der Waals surface area contributed by atoms with Crippen LogP contribution in [0.1, 0.15) is 47.6 Å². The second-order valence-electron chi connectivity index (χ2n) is 8.88. The van der Waals surface area contributed by atoms with Gasteiger partial charge in [0.15, 0.2) is 0 Å². The molecule has 134 valence electrons. The van der Waals surface area contributed by atoms with Crippen molar-refractivity contribution in [1.29, 1.82) is 0 Å². The van der Waals surface area contributed by atoms with E-state index in [4.69, 9.17) is 4.74 Å². The first-order valence-electron chi connectivity index (χ1n) is 9.49. The monoisotopic (exact) mass is 352 g/mol. The zero-order valence-corrected chi connectivity index (χ0v) is 18.1. The fourth-order valence-electron chi connectivity index (χ4n) is 4.17. The number of benzene rings is 2. The molecule has 0 aliphatic heterocycles. The summed E-state index contributed by atoms with van der Waals surface area (Å²) in [4.78, 5) is 0. The zero-order chi connectivity index (χ0) is 18.5. The van der Waals surface area contributed by atoms with Gasteiger partial charge >= 0.3 is 0 Å². The summed E-state index contributed by atoms with van der Waals surface area (Å²) < 4.78 is 5.78. The lowest BCUT2D eigenvalue weighted by Gasteiger charge is -2.31. The summed E-state index contributed by atoms with van der Waals surface area (Å²) in [5.74, 6) is 1.53. The Bertz CT molecular complexity index is 825. The van der Waals surface area contributed by atoms with Gasteiger partial charge < -0.3 is 4.74 Å². The van der Waals surface area contributed by atoms with E-state index in [9.17, 15) is 0 Å². The normalized spacial score (nSPS) is 13.6. The van der Waals surface area contributed by atoms with E-state index in [2.05, 4.69) is 65.5 Å². The quantitative estimate of drug-likeness (QED) is 0.639.